The fourth-order valence-electron chi connectivity index (χ4n) is 3.52. The average molecular weight is 371 g/mol. The van der Waals surface area contributed by atoms with Gasteiger partial charge in [-0.15, -0.1) is 10.2 Å². The number of anilines is 1. The molecule has 6 nitrogen and oxygen atoms in total. The van der Waals surface area contributed by atoms with Crippen LogP contribution in [-0.2, 0) is 13.0 Å². The Morgan fingerprint density at radius 2 is 2.04 bits per heavy atom. The zero-order valence-electron chi connectivity index (χ0n) is 15.8. The Balaban J connectivity index is 1.64. The van der Waals surface area contributed by atoms with Gasteiger partial charge in [0, 0.05) is 29.8 Å². The molecule has 0 spiro atoms. The van der Waals surface area contributed by atoms with Crippen LogP contribution < -0.4 is 5.32 Å². The number of carbonyl (C=O) groups is 1. The minimum Gasteiger partial charge on any atom is -0.322 e. The summed E-state index contributed by atoms with van der Waals surface area (Å²) in [6.07, 6.45) is 4.44. The summed E-state index contributed by atoms with van der Waals surface area (Å²) in [7, 11) is 0. The average Bonchev–Trinajstić information content (AvgIpc) is 2.97. The molecular formula is C22H21N5O. The molecule has 1 amide bonds. The van der Waals surface area contributed by atoms with Gasteiger partial charge in [-0.3, -0.25) is 4.79 Å². The highest BCUT2D eigenvalue weighted by atomic mass is 16.1. The molecule has 1 N–H and O–H groups in total. The van der Waals surface area contributed by atoms with Crippen LogP contribution in [0.2, 0.25) is 0 Å². The normalized spacial score (nSPS) is 13.3. The number of hydrogen-bond donors (Lipinski definition) is 1. The maximum atomic E-state index is 12.7. The predicted molar refractivity (Wildman–Crippen MR) is 107 cm³/mol. The van der Waals surface area contributed by atoms with E-state index in [0.717, 1.165) is 54.3 Å². The Morgan fingerprint density at radius 3 is 2.89 bits per heavy atom. The quantitative estimate of drug-likeness (QED) is 0.751. The van der Waals surface area contributed by atoms with Crippen LogP contribution >= 0.6 is 0 Å². The van der Waals surface area contributed by atoms with E-state index in [-0.39, 0.29) is 5.91 Å². The first-order chi connectivity index (χ1) is 13.7. The van der Waals surface area contributed by atoms with Gasteiger partial charge in [-0.2, -0.15) is 5.26 Å². The maximum absolute atomic E-state index is 12.7. The van der Waals surface area contributed by atoms with Crippen LogP contribution in [0.1, 0.15) is 46.6 Å². The zero-order valence-corrected chi connectivity index (χ0v) is 15.8. The number of aromatic nitrogens is 3. The number of nitrogens with one attached hydrogen (secondary N) is 1. The van der Waals surface area contributed by atoms with Crippen LogP contribution in [-0.4, -0.2) is 20.7 Å². The zero-order chi connectivity index (χ0) is 19.5. The molecule has 6 heteroatoms. The predicted octanol–water partition coefficient (Wildman–Crippen LogP) is 4.10. The van der Waals surface area contributed by atoms with Crippen molar-refractivity contribution in [1.29, 1.82) is 5.26 Å². The fourth-order valence-corrected chi connectivity index (χ4v) is 3.52. The summed E-state index contributed by atoms with van der Waals surface area (Å²) in [5, 5.41) is 20.8. The summed E-state index contributed by atoms with van der Waals surface area (Å²) in [4.78, 5) is 12.7. The first-order valence-electron chi connectivity index (χ1n) is 9.50. The number of rotatable bonds is 3. The summed E-state index contributed by atoms with van der Waals surface area (Å²) in [5.74, 6) is 1.64. The van der Waals surface area contributed by atoms with Gasteiger partial charge in [-0.25, -0.2) is 0 Å². The first kappa shape index (κ1) is 17.9. The second-order valence-electron chi connectivity index (χ2n) is 7.08. The third kappa shape index (κ3) is 3.52. The first-order valence-corrected chi connectivity index (χ1v) is 9.50. The molecular weight excluding hydrogens is 350 g/mol. The van der Waals surface area contributed by atoms with Crippen molar-refractivity contribution in [2.24, 2.45) is 0 Å². The lowest BCUT2D eigenvalue weighted by Gasteiger charge is -2.12. The molecule has 1 aromatic heterocycles. The lowest BCUT2D eigenvalue weighted by Crippen LogP contribution is -2.13. The van der Waals surface area contributed by atoms with E-state index in [9.17, 15) is 4.79 Å². The van der Waals surface area contributed by atoms with E-state index >= 15 is 0 Å². The smallest absolute Gasteiger partial charge is 0.255 e. The molecule has 4 rings (SSSR count). The van der Waals surface area contributed by atoms with Crippen molar-refractivity contribution in [3.05, 3.63) is 65.0 Å². The van der Waals surface area contributed by atoms with Crippen molar-refractivity contribution >= 4 is 11.6 Å². The van der Waals surface area contributed by atoms with Gasteiger partial charge in [-0.1, -0.05) is 24.6 Å². The van der Waals surface area contributed by atoms with Crippen molar-refractivity contribution in [1.82, 2.24) is 14.8 Å². The molecule has 0 aliphatic carbocycles. The summed E-state index contributed by atoms with van der Waals surface area (Å²) in [6.45, 7) is 2.88. The van der Waals surface area contributed by atoms with Crippen LogP contribution in [0.4, 0.5) is 5.69 Å². The van der Waals surface area contributed by atoms with Crippen LogP contribution in [0.15, 0.2) is 42.5 Å². The van der Waals surface area contributed by atoms with E-state index in [4.69, 9.17) is 5.26 Å². The maximum Gasteiger partial charge on any atom is 0.255 e. The summed E-state index contributed by atoms with van der Waals surface area (Å²) in [5.41, 5.74) is 3.55. The minimum absolute atomic E-state index is 0.238. The Morgan fingerprint density at radius 1 is 1.14 bits per heavy atom. The van der Waals surface area contributed by atoms with Gasteiger partial charge in [0.05, 0.1) is 11.6 Å². The molecule has 2 heterocycles. The van der Waals surface area contributed by atoms with E-state index in [1.54, 1.807) is 24.3 Å². The molecule has 0 unspecified atom stereocenters. The van der Waals surface area contributed by atoms with Gasteiger partial charge in [0.15, 0.2) is 5.82 Å². The summed E-state index contributed by atoms with van der Waals surface area (Å²) in [6, 6.07) is 14.7. The monoisotopic (exact) mass is 371 g/mol. The molecule has 0 fully saturated rings. The van der Waals surface area contributed by atoms with Crippen LogP contribution in [0.5, 0.6) is 0 Å². The SMILES string of the molecule is Cc1ccc(-c2nnc3n2CCCCC3)cc1NC(=O)c1cccc(C#N)c1. The van der Waals surface area contributed by atoms with Crippen molar-refractivity contribution in [2.45, 2.75) is 39.2 Å². The van der Waals surface area contributed by atoms with Gasteiger partial charge >= 0.3 is 0 Å². The van der Waals surface area contributed by atoms with Crippen LogP contribution in [0.3, 0.4) is 0 Å². The van der Waals surface area contributed by atoms with E-state index in [1.807, 2.05) is 25.1 Å². The Kier molecular flexibility index (Phi) is 4.90. The number of hydrogen-bond acceptors (Lipinski definition) is 4. The van der Waals surface area contributed by atoms with Crippen LogP contribution in [0.25, 0.3) is 11.4 Å². The minimum atomic E-state index is -0.238. The van der Waals surface area contributed by atoms with Gasteiger partial charge in [0.2, 0.25) is 0 Å². The number of nitriles is 1. The van der Waals surface area contributed by atoms with Crippen molar-refractivity contribution in [3.8, 4) is 17.5 Å². The highest BCUT2D eigenvalue weighted by Crippen LogP contribution is 2.27. The summed E-state index contributed by atoms with van der Waals surface area (Å²) >= 11 is 0. The molecule has 0 radical (unpaired) electrons. The third-order valence-corrected chi connectivity index (χ3v) is 5.11. The Bertz CT molecular complexity index is 1080. The number of fused-ring (bicyclic) bond motifs is 1. The molecule has 2 aromatic carbocycles. The van der Waals surface area contributed by atoms with E-state index in [0.29, 0.717) is 11.1 Å². The molecule has 28 heavy (non-hydrogen) atoms. The van der Waals surface area contributed by atoms with Gasteiger partial charge in [0.25, 0.3) is 5.91 Å². The molecule has 1 aliphatic rings. The largest absolute Gasteiger partial charge is 0.322 e. The molecule has 1 aliphatic heterocycles. The van der Waals surface area contributed by atoms with E-state index in [2.05, 4.69) is 26.2 Å². The van der Waals surface area contributed by atoms with Crippen LogP contribution in [0, 0.1) is 18.3 Å². The molecule has 0 atom stereocenters. The van der Waals surface area contributed by atoms with Crippen molar-refractivity contribution in [3.63, 3.8) is 0 Å². The summed E-state index contributed by atoms with van der Waals surface area (Å²) < 4.78 is 2.19. The lowest BCUT2D eigenvalue weighted by atomic mass is 10.1. The second kappa shape index (κ2) is 7.65. The molecule has 0 bridgehead atoms. The Hall–Kier alpha value is -3.46. The topological polar surface area (TPSA) is 83.6 Å². The van der Waals surface area contributed by atoms with Gasteiger partial charge < -0.3 is 9.88 Å². The second-order valence-corrected chi connectivity index (χ2v) is 7.08. The van der Waals surface area contributed by atoms with Gasteiger partial charge in [-0.05, 0) is 49.6 Å². The van der Waals surface area contributed by atoms with E-state index < -0.39 is 0 Å². The van der Waals surface area contributed by atoms with E-state index in [1.165, 1.54) is 6.42 Å². The number of nitrogens with zero attached hydrogens (tertiary/aromatic N) is 4. The fraction of sp³-hybridized carbons (Fsp3) is 0.273. The Labute approximate surface area is 163 Å². The standard InChI is InChI=1S/C22H21N5O/c1-15-9-10-17(21-26-25-20-8-3-2-4-11-27(20)21)13-19(15)24-22(28)18-7-5-6-16(12-18)14-23/h5-7,9-10,12-13H,2-4,8,11H2,1H3,(H,24,28). The van der Waals surface area contributed by atoms with Crippen molar-refractivity contribution < 1.29 is 4.79 Å². The molecule has 0 saturated carbocycles. The highest BCUT2D eigenvalue weighted by molar-refractivity contribution is 6.05. The molecule has 0 saturated heterocycles. The molecule has 3 aromatic rings. The highest BCUT2D eigenvalue weighted by Gasteiger charge is 2.17. The van der Waals surface area contributed by atoms with Crippen molar-refractivity contribution in [2.75, 3.05) is 5.32 Å². The number of amides is 1. The third-order valence-electron chi connectivity index (χ3n) is 5.11. The number of aryl methyl sites for hydroxylation is 2. The lowest BCUT2D eigenvalue weighted by molar-refractivity contribution is 0.102. The number of benzene rings is 2. The van der Waals surface area contributed by atoms with Gasteiger partial charge in [0.1, 0.15) is 5.82 Å². The molecule has 140 valence electrons. The number of carbonyl (C=O) groups excluding carboxylic acids is 1.